The molecule has 2 atom stereocenters. The minimum absolute atomic E-state index is 0.0843. The first-order valence-electron chi connectivity index (χ1n) is 6.67. The molecular formula is C15H18As2O4. The van der Waals surface area contributed by atoms with Gasteiger partial charge in [0.15, 0.2) is 0 Å². The average Bonchev–Trinajstić information content (AvgIpc) is 2.49. The number of hydrogen-bond acceptors (Lipinski definition) is 2. The minimum atomic E-state index is -4.12. The molecule has 0 saturated carbocycles. The van der Waals surface area contributed by atoms with Crippen LogP contribution in [0.15, 0.2) is 60.7 Å². The molecule has 2 N–H and O–H groups in total. The molecule has 6 heteroatoms. The van der Waals surface area contributed by atoms with E-state index in [0.29, 0.717) is 8.70 Å². The second-order valence-electron chi connectivity index (χ2n) is 4.88. The molecule has 21 heavy (non-hydrogen) atoms. The zero-order valence-electron chi connectivity index (χ0n) is 11.5. The van der Waals surface area contributed by atoms with Crippen LogP contribution in [0.3, 0.4) is 0 Å². The molecule has 0 saturated heterocycles. The summed E-state index contributed by atoms with van der Waals surface area (Å²) in [7, 11) is 0. The third kappa shape index (κ3) is 4.52. The molecule has 0 radical (unpaired) electrons. The van der Waals surface area contributed by atoms with Crippen molar-refractivity contribution < 1.29 is 15.7 Å². The van der Waals surface area contributed by atoms with Crippen molar-refractivity contribution in [3.63, 3.8) is 0 Å². The van der Waals surface area contributed by atoms with E-state index < -0.39 is 27.7 Å². The van der Waals surface area contributed by atoms with Crippen LogP contribution in [0.5, 0.6) is 0 Å². The SMILES string of the molecule is O=[As](O)(CCC[As](=O)(O)c1ccccc1)c1ccccc1. The van der Waals surface area contributed by atoms with E-state index in [1.807, 2.05) is 0 Å². The van der Waals surface area contributed by atoms with Gasteiger partial charge in [0.25, 0.3) is 0 Å². The summed E-state index contributed by atoms with van der Waals surface area (Å²) in [6.45, 7) is 0. The Balaban J connectivity index is 1.98. The standard InChI is InChI=1S/C15H18As2O4/c18-16(19,14-8-3-1-4-9-14)12-7-13-17(20,21)15-10-5-2-6-11-15/h1-6,8-11H,7,12-13H2,(H,18,19)(H,20,21). The first-order valence-corrected chi connectivity index (χ1v) is 14.4. The molecule has 4 nitrogen and oxygen atoms in total. The monoisotopic (exact) mass is 412 g/mol. The number of rotatable bonds is 6. The van der Waals surface area contributed by atoms with Crippen molar-refractivity contribution in [1.29, 1.82) is 0 Å². The predicted molar refractivity (Wildman–Crippen MR) is 83.7 cm³/mol. The van der Waals surface area contributed by atoms with E-state index in [4.69, 9.17) is 0 Å². The van der Waals surface area contributed by atoms with Gasteiger partial charge in [0, 0.05) is 0 Å². The van der Waals surface area contributed by atoms with Gasteiger partial charge in [0.05, 0.1) is 0 Å². The molecular weight excluding hydrogens is 394 g/mol. The van der Waals surface area contributed by atoms with Crippen molar-refractivity contribution in [2.45, 2.75) is 16.8 Å². The van der Waals surface area contributed by atoms with Crippen molar-refractivity contribution in [3.8, 4) is 0 Å². The molecule has 2 unspecified atom stereocenters. The van der Waals surface area contributed by atoms with Gasteiger partial charge in [-0.2, -0.15) is 0 Å². The van der Waals surface area contributed by atoms with Crippen LogP contribution in [-0.2, 0) is 7.48 Å². The summed E-state index contributed by atoms with van der Waals surface area (Å²) in [6.07, 6.45) is 0.282. The molecule has 0 aliphatic carbocycles. The van der Waals surface area contributed by atoms with Crippen molar-refractivity contribution in [2.75, 3.05) is 0 Å². The van der Waals surface area contributed by atoms with Gasteiger partial charge in [0.1, 0.15) is 0 Å². The van der Waals surface area contributed by atoms with E-state index in [1.165, 1.54) is 0 Å². The Labute approximate surface area is 129 Å². The van der Waals surface area contributed by atoms with Crippen molar-refractivity contribution in [1.82, 2.24) is 0 Å². The second-order valence-corrected chi connectivity index (χ2v) is 14.8. The Hall–Kier alpha value is -0.923. The molecule has 0 amide bonds. The van der Waals surface area contributed by atoms with E-state index in [1.54, 1.807) is 60.7 Å². The molecule has 2 rings (SSSR count). The third-order valence-electron chi connectivity index (χ3n) is 3.24. The van der Waals surface area contributed by atoms with E-state index in [2.05, 4.69) is 0 Å². The van der Waals surface area contributed by atoms with Crippen LogP contribution in [0.1, 0.15) is 6.42 Å². The van der Waals surface area contributed by atoms with Crippen LogP contribution in [0, 0.1) is 0 Å². The quantitative estimate of drug-likeness (QED) is 0.693. The summed E-state index contributed by atoms with van der Waals surface area (Å²) in [4.78, 5) is 0. The van der Waals surface area contributed by atoms with Crippen molar-refractivity contribution in [3.05, 3.63) is 60.7 Å². The van der Waals surface area contributed by atoms with Gasteiger partial charge in [-0.3, -0.25) is 0 Å². The average molecular weight is 412 g/mol. The molecule has 0 bridgehead atoms. The Morgan fingerprint density at radius 2 is 1.00 bits per heavy atom. The maximum absolute atomic E-state index is 12.3. The Kier molecular flexibility index (Phi) is 5.40. The van der Waals surface area contributed by atoms with Crippen LogP contribution >= 0.6 is 0 Å². The summed E-state index contributed by atoms with van der Waals surface area (Å²) in [6, 6.07) is 17.0. The summed E-state index contributed by atoms with van der Waals surface area (Å²) in [5.74, 6) is 0. The molecule has 0 spiro atoms. The zero-order chi connectivity index (χ0) is 15.3. The van der Waals surface area contributed by atoms with E-state index >= 15 is 0 Å². The van der Waals surface area contributed by atoms with Gasteiger partial charge in [-0.05, 0) is 0 Å². The van der Waals surface area contributed by atoms with Crippen molar-refractivity contribution in [2.24, 2.45) is 0 Å². The van der Waals surface area contributed by atoms with Crippen LogP contribution in [-0.4, -0.2) is 35.9 Å². The number of hydrogen-bond donors (Lipinski definition) is 2. The summed E-state index contributed by atoms with van der Waals surface area (Å²) in [5.41, 5.74) is 0. The van der Waals surface area contributed by atoms with Gasteiger partial charge in [-0.1, -0.05) is 0 Å². The molecule has 112 valence electrons. The first kappa shape index (κ1) is 16.4. The fourth-order valence-corrected chi connectivity index (χ4v) is 9.48. The predicted octanol–water partition coefficient (Wildman–Crippen LogP) is 0.921. The summed E-state index contributed by atoms with van der Waals surface area (Å²) >= 11 is -8.24. The van der Waals surface area contributed by atoms with Crippen LogP contribution < -0.4 is 8.70 Å². The van der Waals surface area contributed by atoms with Gasteiger partial charge in [0.2, 0.25) is 0 Å². The van der Waals surface area contributed by atoms with E-state index in [9.17, 15) is 15.7 Å². The Bertz CT molecular complexity index is 611. The molecule has 0 aliphatic rings. The molecule has 0 fully saturated rings. The first-order chi connectivity index (χ1) is 9.92. The number of benzene rings is 2. The maximum atomic E-state index is 12.3. The van der Waals surface area contributed by atoms with Gasteiger partial charge in [-0.25, -0.2) is 0 Å². The second kappa shape index (κ2) is 6.89. The molecule has 0 aromatic heterocycles. The fraction of sp³-hybridized carbons (Fsp3) is 0.200. The van der Waals surface area contributed by atoms with Crippen LogP contribution in [0.25, 0.3) is 0 Å². The van der Waals surface area contributed by atoms with Crippen LogP contribution in [0.2, 0.25) is 10.4 Å². The van der Waals surface area contributed by atoms with Crippen LogP contribution in [0.4, 0.5) is 0 Å². The normalized spacial score (nSPS) is 16.9. The Morgan fingerprint density at radius 1 is 0.667 bits per heavy atom. The van der Waals surface area contributed by atoms with Crippen molar-refractivity contribution >= 4 is 36.4 Å². The molecule has 2 aromatic carbocycles. The summed E-state index contributed by atoms with van der Waals surface area (Å²) < 4.78 is 45.7. The fourth-order valence-electron chi connectivity index (χ4n) is 2.08. The zero-order valence-corrected chi connectivity index (χ0v) is 15.3. The van der Waals surface area contributed by atoms with E-state index in [0.717, 1.165) is 0 Å². The molecule has 0 aliphatic heterocycles. The van der Waals surface area contributed by atoms with Gasteiger partial charge >= 0.3 is 130 Å². The third-order valence-corrected chi connectivity index (χ3v) is 11.7. The summed E-state index contributed by atoms with van der Waals surface area (Å²) in [5, 5.41) is 0.169. The molecule has 2 aromatic rings. The van der Waals surface area contributed by atoms with E-state index in [-0.39, 0.29) is 16.8 Å². The van der Waals surface area contributed by atoms with Gasteiger partial charge in [-0.15, -0.1) is 0 Å². The topological polar surface area (TPSA) is 74.6 Å². The molecule has 0 heterocycles. The Morgan fingerprint density at radius 3 is 1.33 bits per heavy atom. The van der Waals surface area contributed by atoms with Gasteiger partial charge < -0.3 is 0 Å².